The minimum Gasteiger partial charge on any atom is -0.466 e. The second-order valence-electron chi connectivity index (χ2n) is 2.54. The van der Waals surface area contributed by atoms with Crippen molar-refractivity contribution in [3.8, 4) is 0 Å². The summed E-state index contributed by atoms with van der Waals surface area (Å²) in [5.41, 5.74) is 0.497. The van der Waals surface area contributed by atoms with Crippen molar-refractivity contribution in [1.29, 1.82) is 0 Å². The Kier molecular flexibility index (Phi) is 2.89. The fraction of sp³-hybridized carbons (Fsp3) is 0.375. The van der Waals surface area contributed by atoms with Gasteiger partial charge in [0, 0.05) is 12.0 Å². The Balaban J connectivity index is 2.76. The van der Waals surface area contributed by atoms with Crippen LogP contribution >= 0.6 is 22.6 Å². The van der Waals surface area contributed by atoms with E-state index in [-0.39, 0.29) is 5.97 Å². The number of rotatable bonds is 1. The van der Waals surface area contributed by atoms with Crippen LogP contribution in [0.25, 0.3) is 0 Å². The van der Waals surface area contributed by atoms with Crippen molar-refractivity contribution in [2.75, 3.05) is 7.11 Å². The zero-order valence-corrected chi connectivity index (χ0v) is 8.74. The number of esters is 1. The molecule has 1 unspecified atom stereocenters. The molecule has 0 heterocycles. The summed E-state index contributed by atoms with van der Waals surface area (Å²) in [5, 5.41) is 9.54. The van der Waals surface area contributed by atoms with Crippen LogP contribution in [0.5, 0.6) is 0 Å². The monoisotopic (exact) mass is 280 g/mol. The minimum absolute atomic E-state index is 0.302. The van der Waals surface area contributed by atoms with Crippen LogP contribution in [0, 0.1) is 0 Å². The van der Waals surface area contributed by atoms with Gasteiger partial charge < -0.3 is 9.84 Å². The van der Waals surface area contributed by atoms with E-state index in [4.69, 9.17) is 0 Å². The molecule has 1 aliphatic carbocycles. The van der Waals surface area contributed by atoms with Crippen molar-refractivity contribution in [1.82, 2.24) is 0 Å². The number of aliphatic hydroxyl groups is 1. The van der Waals surface area contributed by atoms with Crippen molar-refractivity contribution < 1.29 is 14.6 Å². The standard InChI is InChI=1S/C8H9IO3/c1-12-7(10)6-3-2-4-8(9,11)5-6/h2-4,11H,5H2,1H3. The van der Waals surface area contributed by atoms with E-state index in [0.717, 1.165) is 0 Å². The molecule has 0 amide bonds. The second kappa shape index (κ2) is 3.57. The van der Waals surface area contributed by atoms with Gasteiger partial charge in [-0.2, -0.15) is 0 Å². The van der Waals surface area contributed by atoms with Crippen LogP contribution < -0.4 is 0 Å². The fourth-order valence-corrected chi connectivity index (χ4v) is 1.59. The molecule has 1 atom stereocenters. The van der Waals surface area contributed by atoms with E-state index in [1.165, 1.54) is 7.11 Å². The van der Waals surface area contributed by atoms with Gasteiger partial charge in [-0.1, -0.05) is 12.2 Å². The third-order valence-corrected chi connectivity index (χ3v) is 2.28. The molecule has 0 aliphatic heterocycles. The predicted octanol–water partition coefficient (Wildman–Crippen LogP) is 1.17. The number of carbonyl (C=O) groups excluding carboxylic acids is 1. The van der Waals surface area contributed by atoms with Crippen LogP contribution in [0.4, 0.5) is 0 Å². The van der Waals surface area contributed by atoms with Crippen LogP contribution in [0.2, 0.25) is 0 Å². The molecule has 0 spiro atoms. The van der Waals surface area contributed by atoms with Gasteiger partial charge in [0.2, 0.25) is 0 Å². The molecule has 1 rings (SSSR count). The number of methoxy groups -OCH3 is 1. The highest BCUT2D eigenvalue weighted by Gasteiger charge is 2.26. The summed E-state index contributed by atoms with van der Waals surface area (Å²) >= 11 is 1.88. The van der Waals surface area contributed by atoms with Gasteiger partial charge in [0.25, 0.3) is 0 Å². The lowest BCUT2D eigenvalue weighted by atomic mass is 10.0. The Morgan fingerprint density at radius 1 is 1.83 bits per heavy atom. The number of ether oxygens (including phenoxy) is 1. The maximum atomic E-state index is 11.0. The Morgan fingerprint density at radius 2 is 2.50 bits per heavy atom. The zero-order chi connectivity index (χ0) is 9.19. The van der Waals surface area contributed by atoms with Gasteiger partial charge in [0.05, 0.1) is 7.11 Å². The number of alkyl halides is 1. The van der Waals surface area contributed by atoms with E-state index in [0.29, 0.717) is 12.0 Å². The first kappa shape index (κ1) is 9.73. The van der Waals surface area contributed by atoms with Crippen molar-refractivity contribution >= 4 is 28.6 Å². The molecule has 1 aliphatic rings. The van der Waals surface area contributed by atoms with Crippen LogP contribution in [-0.2, 0) is 9.53 Å². The predicted molar refractivity (Wildman–Crippen MR) is 52.8 cm³/mol. The van der Waals surface area contributed by atoms with Crippen molar-refractivity contribution in [2.45, 2.75) is 10.0 Å². The molecular weight excluding hydrogens is 271 g/mol. The minimum atomic E-state index is -0.948. The third-order valence-electron chi connectivity index (χ3n) is 1.53. The van der Waals surface area contributed by atoms with Crippen LogP contribution in [-0.4, -0.2) is 21.8 Å². The molecule has 0 radical (unpaired) electrons. The number of halogens is 1. The molecular formula is C8H9IO3. The van der Waals surface area contributed by atoms with Gasteiger partial charge >= 0.3 is 5.97 Å². The first-order valence-electron chi connectivity index (χ1n) is 3.43. The third kappa shape index (κ3) is 2.31. The summed E-state index contributed by atoms with van der Waals surface area (Å²) in [7, 11) is 1.33. The summed E-state index contributed by atoms with van der Waals surface area (Å²) in [6.07, 6.45) is 5.25. The normalized spacial score (nSPS) is 28.1. The number of hydrogen-bond acceptors (Lipinski definition) is 3. The van der Waals surface area contributed by atoms with Gasteiger partial charge in [-0.25, -0.2) is 4.79 Å². The quantitative estimate of drug-likeness (QED) is 0.445. The maximum Gasteiger partial charge on any atom is 0.333 e. The van der Waals surface area contributed by atoms with Crippen LogP contribution in [0.3, 0.4) is 0 Å². The van der Waals surface area contributed by atoms with Crippen molar-refractivity contribution in [3.05, 3.63) is 23.8 Å². The largest absolute Gasteiger partial charge is 0.466 e. The van der Waals surface area contributed by atoms with Crippen molar-refractivity contribution in [3.63, 3.8) is 0 Å². The molecule has 1 N–H and O–H groups in total. The lowest BCUT2D eigenvalue weighted by Crippen LogP contribution is -2.22. The molecule has 12 heavy (non-hydrogen) atoms. The molecule has 0 saturated carbocycles. The van der Waals surface area contributed by atoms with Gasteiger partial charge in [-0.15, -0.1) is 0 Å². The zero-order valence-electron chi connectivity index (χ0n) is 6.58. The smallest absolute Gasteiger partial charge is 0.333 e. The van der Waals surface area contributed by atoms with Crippen LogP contribution in [0.1, 0.15) is 6.42 Å². The molecule has 0 fully saturated rings. The van der Waals surface area contributed by atoms with Gasteiger partial charge in [-0.3, -0.25) is 0 Å². The lowest BCUT2D eigenvalue weighted by molar-refractivity contribution is -0.136. The summed E-state index contributed by atoms with van der Waals surface area (Å²) in [5.74, 6) is -0.380. The SMILES string of the molecule is COC(=O)C1=CC=CC(O)(I)C1. The van der Waals surface area contributed by atoms with E-state index >= 15 is 0 Å². The van der Waals surface area contributed by atoms with Gasteiger partial charge in [-0.05, 0) is 28.7 Å². The van der Waals surface area contributed by atoms with E-state index in [9.17, 15) is 9.90 Å². The average molecular weight is 280 g/mol. The summed E-state index contributed by atoms with van der Waals surface area (Å²) < 4.78 is 3.58. The molecule has 4 heteroatoms. The average Bonchev–Trinajstić information content (AvgIpc) is 2.01. The molecule has 3 nitrogen and oxygen atoms in total. The van der Waals surface area contributed by atoms with E-state index < -0.39 is 3.61 Å². The highest BCUT2D eigenvalue weighted by atomic mass is 127. The molecule has 0 aromatic rings. The molecule has 0 saturated heterocycles. The second-order valence-corrected chi connectivity index (χ2v) is 4.41. The van der Waals surface area contributed by atoms with E-state index in [1.807, 2.05) is 22.6 Å². The summed E-state index contributed by atoms with van der Waals surface area (Å²) in [6.45, 7) is 0. The molecule has 0 aromatic heterocycles. The highest BCUT2D eigenvalue weighted by Crippen LogP contribution is 2.29. The Hall–Kier alpha value is -0.360. The molecule has 66 valence electrons. The van der Waals surface area contributed by atoms with E-state index in [1.54, 1.807) is 18.2 Å². The number of hydrogen-bond donors (Lipinski definition) is 1. The van der Waals surface area contributed by atoms with Gasteiger partial charge in [0.1, 0.15) is 3.61 Å². The van der Waals surface area contributed by atoms with E-state index in [2.05, 4.69) is 4.74 Å². The summed E-state index contributed by atoms with van der Waals surface area (Å²) in [6, 6.07) is 0. The fourth-order valence-electron chi connectivity index (χ4n) is 0.968. The van der Waals surface area contributed by atoms with Gasteiger partial charge in [0.15, 0.2) is 0 Å². The lowest BCUT2D eigenvalue weighted by Gasteiger charge is -2.20. The Bertz CT molecular complexity index is 253. The Labute approximate surface area is 84.2 Å². The first-order chi connectivity index (χ1) is 5.55. The Morgan fingerprint density at radius 3 is 3.00 bits per heavy atom. The summed E-state index contributed by atoms with van der Waals surface area (Å²) in [4.78, 5) is 11.0. The molecule has 0 bridgehead atoms. The molecule has 0 aromatic carbocycles. The van der Waals surface area contributed by atoms with Crippen molar-refractivity contribution in [2.24, 2.45) is 0 Å². The maximum absolute atomic E-state index is 11.0. The number of carbonyl (C=O) groups is 1. The first-order valence-corrected chi connectivity index (χ1v) is 4.51. The topological polar surface area (TPSA) is 46.5 Å². The number of allylic oxidation sites excluding steroid dienone is 2. The highest BCUT2D eigenvalue weighted by molar-refractivity contribution is 14.1. The van der Waals surface area contributed by atoms with Crippen LogP contribution in [0.15, 0.2) is 23.8 Å².